The van der Waals surface area contributed by atoms with E-state index in [0.29, 0.717) is 5.69 Å². The maximum Gasteiger partial charge on any atom is 0.292 e. The van der Waals surface area contributed by atoms with Crippen LogP contribution in [0.15, 0.2) is 18.2 Å². The van der Waals surface area contributed by atoms with Crippen LogP contribution in [0.3, 0.4) is 0 Å². The fourth-order valence-corrected chi connectivity index (χ4v) is 2.85. The van der Waals surface area contributed by atoms with Crippen LogP contribution >= 0.6 is 11.8 Å². The van der Waals surface area contributed by atoms with E-state index in [0.717, 1.165) is 30.0 Å². The number of unbranched alkanes of at least 4 members (excludes halogenated alkanes) is 2. The smallest absolute Gasteiger partial charge is 0.292 e. The molecule has 20 heavy (non-hydrogen) atoms. The number of nitrogens with one attached hydrogen (secondary N) is 1. The highest BCUT2D eigenvalue weighted by Crippen LogP contribution is 2.27. The van der Waals surface area contributed by atoms with Gasteiger partial charge < -0.3 is 5.32 Å². The van der Waals surface area contributed by atoms with Crippen LogP contribution in [0.25, 0.3) is 0 Å². The van der Waals surface area contributed by atoms with Crippen molar-refractivity contribution in [2.75, 3.05) is 17.6 Å². The van der Waals surface area contributed by atoms with Gasteiger partial charge in [-0.05, 0) is 30.2 Å². The Balaban J connectivity index is 2.61. The SMILES string of the molecule is CCCCCSCc1ccc([N+](=O)[O-])c(NCCC)c1. The van der Waals surface area contributed by atoms with Gasteiger partial charge in [-0.25, -0.2) is 0 Å². The molecular formula is C15H24N2O2S. The van der Waals surface area contributed by atoms with Gasteiger partial charge in [0.25, 0.3) is 5.69 Å². The lowest BCUT2D eigenvalue weighted by Crippen LogP contribution is -2.03. The molecule has 0 heterocycles. The zero-order valence-electron chi connectivity index (χ0n) is 12.4. The number of rotatable bonds is 10. The fraction of sp³-hybridized carbons (Fsp3) is 0.600. The molecule has 0 aliphatic rings. The van der Waals surface area contributed by atoms with Crippen LogP contribution in [0.2, 0.25) is 0 Å². The summed E-state index contributed by atoms with van der Waals surface area (Å²) in [7, 11) is 0. The summed E-state index contributed by atoms with van der Waals surface area (Å²) in [6.45, 7) is 5.01. The van der Waals surface area contributed by atoms with Crippen LogP contribution in [0.5, 0.6) is 0 Å². The van der Waals surface area contributed by atoms with E-state index in [4.69, 9.17) is 0 Å². The standard InChI is InChI=1S/C15H24N2O2S/c1-3-5-6-10-20-12-13-7-8-15(17(18)19)14(11-13)16-9-4-2/h7-8,11,16H,3-6,9-10,12H2,1-2H3. The molecule has 0 unspecified atom stereocenters. The molecule has 0 radical (unpaired) electrons. The molecule has 0 amide bonds. The molecule has 0 bridgehead atoms. The Kier molecular flexibility index (Phi) is 8.11. The first-order chi connectivity index (χ1) is 9.69. The number of hydrogen-bond acceptors (Lipinski definition) is 4. The van der Waals surface area contributed by atoms with Gasteiger partial charge in [0.15, 0.2) is 0 Å². The molecule has 112 valence electrons. The van der Waals surface area contributed by atoms with E-state index in [1.807, 2.05) is 30.8 Å². The third-order valence-corrected chi connectivity index (χ3v) is 4.10. The van der Waals surface area contributed by atoms with Crippen molar-refractivity contribution in [3.63, 3.8) is 0 Å². The molecular weight excluding hydrogens is 272 g/mol. The minimum absolute atomic E-state index is 0.165. The fourth-order valence-electron chi connectivity index (χ4n) is 1.88. The van der Waals surface area contributed by atoms with Gasteiger partial charge in [0.1, 0.15) is 5.69 Å². The summed E-state index contributed by atoms with van der Waals surface area (Å²) >= 11 is 1.90. The highest BCUT2D eigenvalue weighted by Gasteiger charge is 2.13. The third-order valence-electron chi connectivity index (χ3n) is 2.98. The monoisotopic (exact) mass is 296 g/mol. The second-order valence-electron chi connectivity index (χ2n) is 4.80. The topological polar surface area (TPSA) is 55.2 Å². The summed E-state index contributed by atoms with van der Waals surface area (Å²) in [6.07, 6.45) is 4.71. The minimum atomic E-state index is -0.323. The minimum Gasteiger partial charge on any atom is -0.379 e. The molecule has 0 aromatic heterocycles. The van der Waals surface area contributed by atoms with Crippen molar-refractivity contribution in [1.29, 1.82) is 0 Å². The maximum atomic E-state index is 11.0. The van der Waals surface area contributed by atoms with E-state index in [1.54, 1.807) is 6.07 Å². The molecule has 0 saturated heterocycles. The Morgan fingerprint density at radius 3 is 2.70 bits per heavy atom. The van der Waals surface area contributed by atoms with Crippen molar-refractivity contribution in [2.24, 2.45) is 0 Å². The zero-order valence-corrected chi connectivity index (χ0v) is 13.2. The lowest BCUT2D eigenvalue weighted by molar-refractivity contribution is -0.384. The number of nitro benzene ring substituents is 1. The molecule has 5 heteroatoms. The van der Waals surface area contributed by atoms with Crippen LogP contribution in [0.4, 0.5) is 11.4 Å². The van der Waals surface area contributed by atoms with Gasteiger partial charge in [-0.15, -0.1) is 0 Å². The van der Waals surface area contributed by atoms with Crippen molar-refractivity contribution in [2.45, 2.75) is 45.3 Å². The van der Waals surface area contributed by atoms with Crippen LogP contribution in [0, 0.1) is 10.1 Å². The van der Waals surface area contributed by atoms with E-state index in [1.165, 1.54) is 19.3 Å². The van der Waals surface area contributed by atoms with E-state index in [2.05, 4.69) is 12.2 Å². The first-order valence-corrected chi connectivity index (χ1v) is 8.43. The van der Waals surface area contributed by atoms with E-state index in [9.17, 15) is 10.1 Å². The van der Waals surface area contributed by atoms with Crippen molar-refractivity contribution in [3.05, 3.63) is 33.9 Å². The number of thioether (sulfide) groups is 1. The highest BCUT2D eigenvalue weighted by atomic mass is 32.2. The van der Waals surface area contributed by atoms with Gasteiger partial charge >= 0.3 is 0 Å². The molecule has 4 nitrogen and oxygen atoms in total. The van der Waals surface area contributed by atoms with Gasteiger partial charge in [-0.2, -0.15) is 11.8 Å². The summed E-state index contributed by atoms with van der Waals surface area (Å²) in [4.78, 5) is 10.7. The summed E-state index contributed by atoms with van der Waals surface area (Å²) < 4.78 is 0. The summed E-state index contributed by atoms with van der Waals surface area (Å²) in [5, 5.41) is 14.1. The summed E-state index contributed by atoms with van der Waals surface area (Å²) in [5.74, 6) is 2.07. The third kappa shape index (κ3) is 5.82. The van der Waals surface area contributed by atoms with E-state index < -0.39 is 0 Å². The Labute approximate surface area is 125 Å². The molecule has 0 atom stereocenters. The Hall–Kier alpha value is -1.23. The predicted molar refractivity (Wildman–Crippen MR) is 87.6 cm³/mol. The van der Waals surface area contributed by atoms with Crippen molar-refractivity contribution < 1.29 is 4.92 Å². The average molecular weight is 296 g/mol. The predicted octanol–water partition coefficient (Wildman–Crippen LogP) is 4.84. The first-order valence-electron chi connectivity index (χ1n) is 7.28. The van der Waals surface area contributed by atoms with Crippen molar-refractivity contribution in [1.82, 2.24) is 0 Å². The van der Waals surface area contributed by atoms with Gasteiger partial charge in [-0.1, -0.05) is 32.8 Å². The zero-order chi connectivity index (χ0) is 14.8. The van der Waals surface area contributed by atoms with Crippen LogP contribution in [-0.4, -0.2) is 17.2 Å². The lowest BCUT2D eigenvalue weighted by Gasteiger charge is -2.08. The number of hydrogen-bond donors (Lipinski definition) is 1. The van der Waals surface area contributed by atoms with E-state index >= 15 is 0 Å². The number of nitrogens with zero attached hydrogens (tertiary/aromatic N) is 1. The molecule has 0 aliphatic carbocycles. The molecule has 1 N–H and O–H groups in total. The molecule has 1 aromatic carbocycles. The lowest BCUT2D eigenvalue weighted by atomic mass is 10.2. The largest absolute Gasteiger partial charge is 0.379 e. The van der Waals surface area contributed by atoms with Gasteiger partial charge in [0.05, 0.1) is 4.92 Å². The number of benzene rings is 1. The molecule has 0 fully saturated rings. The van der Waals surface area contributed by atoms with Crippen LogP contribution < -0.4 is 5.32 Å². The quantitative estimate of drug-likeness (QED) is 0.381. The van der Waals surface area contributed by atoms with Crippen molar-refractivity contribution >= 4 is 23.1 Å². The Morgan fingerprint density at radius 2 is 2.05 bits per heavy atom. The average Bonchev–Trinajstić information content (AvgIpc) is 2.44. The summed E-state index contributed by atoms with van der Waals surface area (Å²) in [6, 6.07) is 5.39. The second-order valence-corrected chi connectivity index (χ2v) is 5.90. The Bertz CT molecular complexity index is 424. The van der Waals surface area contributed by atoms with Gasteiger partial charge in [-0.3, -0.25) is 10.1 Å². The highest BCUT2D eigenvalue weighted by molar-refractivity contribution is 7.98. The normalized spacial score (nSPS) is 10.5. The number of anilines is 1. The maximum absolute atomic E-state index is 11.0. The molecule has 0 saturated carbocycles. The second kappa shape index (κ2) is 9.64. The summed E-state index contributed by atoms with van der Waals surface area (Å²) in [5.41, 5.74) is 1.96. The first kappa shape index (κ1) is 16.8. The molecule has 0 aliphatic heterocycles. The molecule has 1 rings (SSSR count). The molecule has 1 aromatic rings. The van der Waals surface area contributed by atoms with Gasteiger partial charge in [0, 0.05) is 18.4 Å². The van der Waals surface area contributed by atoms with Gasteiger partial charge in [0.2, 0.25) is 0 Å². The molecule has 0 spiro atoms. The number of nitro groups is 1. The van der Waals surface area contributed by atoms with Crippen LogP contribution in [0.1, 0.15) is 45.1 Å². The van der Waals surface area contributed by atoms with Crippen LogP contribution in [-0.2, 0) is 5.75 Å². The van der Waals surface area contributed by atoms with E-state index in [-0.39, 0.29) is 10.6 Å². The van der Waals surface area contributed by atoms with Crippen molar-refractivity contribution in [3.8, 4) is 0 Å². The Morgan fingerprint density at radius 1 is 1.25 bits per heavy atom.